The minimum absolute atomic E-state index is 0.0535. The van der Waals surface area contributed by atoms with Gasteiger partial charge in [-0.3, -0.25) is 4.79 Å². The molecule has 2 heteroatoms. The van der Waals surface area contributed by atoms with Crippen LogP contribution in [0.1, 0.15) is 284 Å². The van der Waals surface area contributed by atoms with E-state index in [0.29, 0.717) is 13.0 Å². The highest BCUT2D eigenvalue weighted by Crippen LogP contribution is 2.23. The summed E-state index contributed by atoms with van der Waals surface area (Å²) in [6, 6.07) is 0. The Bertz CT molecular complexity index is 601. The lowest BCUT2D eigenvalue weighted by Gasteiger charge is -2.17. The number of hydrogen-bond acceptors (Lipinski definition) is 2. The fourth-order valence-corrected chi connectivity index (χ4v) is 7.68. The molecule has 0 bridgehead atoms. The molecule has 0 radical (unpaired) electrons. The van der Waals surface area contributed by atoms with E-state index in [9.17, 15) is 4.79 Å². The van der Waals surface area contributed by atoms with Crippen LogP contribution in [0.2, 0.25) is 0 Å². The first-order valence-corrected chi connectivity index (χ1v) is 23.4. The molecule has 0 N–H and O–H groups in total. The van der Waals surface area contributed by atoms with Crippen molar-refractivity contribution in [2.24, 2.45) is 5.92 Å². The number of carbonyl (C=O) groups is 1. The van der Waals surface area contributed by atoms with Gasteiger partial charge in [0.2, 0.25) is 0 Å². The molecule has 0 amide bonds. The van der Waals surface area contributed by atoms with Crippen LogP contribution in [0.4, 0.5) is 0 Å². The minimum Gasteiger partial charge on any atom is -0.466 e. The molecule has 0 heterocycles. The van der Waals surface area contributed by atoms with Gasteiger partial charge in [-0.15, -0.1) is 0 Å². The van der Waals surface area contributed by atoms with Crippen molar-refractivity contribution >= 4 is 5.97 Å². The topological polar surface area (TPSA) is 26.3 Å². The zero-order valence-electron chi connectivity index (χ0n) is 34.6. The van der Waals surface area contributed by atoms with Crippen LogP contribution >= 0.6 is 0 Å². The van der Waals surface area contributed by atoms with E-state index < -0.39 is 0 Å². The average molecular weight is 691 g/mol. The van der Waals surface area contributed by atoms with Gasteiger partial charge in [-0.2, -0.15) is 0 Å². The fraction of sp³-hybridized carbons (Fsp3) is 0.979. The zero-order chi connectivity index (χ0) is 35.6. The summed E-state index contributed by atoms with van der Waals surface area (Å²) in [5.74, 6) is 0.800. The molecule has 0 saturated heterocycles. The normalized spacial score (nSPS) is 12.1. The lowest BCUT2D eigenvalue weighted by Crippen LogP contribution is -2.10. The van der Waals surface area contributed by atoms with E-state index >= 15 is 0 Å². The maximum Gasteiger partial charge on any atom is 0.305 e. The van der Waals surface area contributed by atoms with Crippen LogP contribution in [0.25, 0.3) is 0 Å². The molecule has 1 unspecified atom stereocenters. The van der Waals surface area contributed by atoms with Gasteiger partial charge in [0.05, 0.1) is 6.61 Å². The van der Waals surface area contributed by atoms with Gasteiger partial charge in [0.25, 0.3) is 0 Å². The molecule has 0 aliphatic carbocycles. The second-order valence-electron chi connectivity index (χ2n) is 16.2. The SMILES string of the molecule is CCCCCCCCCCCCCCCCCC(=O)OCCC(CCCCCCCCCCCC)CCCCCCCCCCCCCC. The lowest BCUT2D eigenvalue weighted by atomic mass is 9.91. The monoisotopic (exact) mass is 691 g/mol. The van der Waals surface area contributed by atoms with E-state index in [-0.39, 0.29) is 5.97 Å². The Kier molecular flexibility index (Phi) is 43.2. The van der Waals surface area contributed by atoms with Gasteiger partial charge in [0, 0.05) is 6.42 Å². The molecular formula is C47H94O2. The van der Waals surface area contributed by atoms with Crippen molar-refractivity contribution in [2.45, 2.75) is 284 Å². The third kappa shape index (κ3) is 41.8. The van der Waals surface area contributed by atoms with E-state index in [1.165, 1.54) is 244 Å². The molecule has 0 aromatic carbocycles. The zero-order valence-corrected chi connectivity index (χ0v) is 34.6. The first-order chi connectivity index (χ1) is 24.2. The predicted molar refractivity (Wildman–Crippen MR) is 221 cm³/mol. The van der Waals surface area contributed by atoms with E-state index in [0.717, 1.165) is 18.8 Å². The predicted octanol–water partition coefficient (Wildman–Crippen LogP) is 17.2. The van der Waals surface area contributed by atoms with E-state index in [2.05, 4.69) is 20.8 Å². The largest absolute Gasteiger partial charge is 0.466 e. The van der Waals surface area contributed by atoms with Crippen molar-refractivity contribution in [3.05, 3.63) is 0 Å². The van der Waals surface area contributed by atoms with Gasteiger partial charge >= 0.3 is 5.97 Å². The van der Waals surface area contributed by atoms with Crippen molar-refractivity contribution < 1.29 is 9.53 Å². The van der Waals surface area contributed by atoms with E-state index in [1.807, 2.05) is 0 Å². The highest BCUT2D eigenvalue weighted by Gasteiger charge is 2.11. The molecule has 0 rings (SSSR count). The lowest BCUT2D eigenvalue weighted by molar-refractivity contribution is -0.144. The van der Waals surface area contributed by atoms with E-state index in [4.69, 9.17) is 4.74 Å². The van der Waals surface area contributed by atoms with Crippen LogP contribution in [0.15, 0.2) is 0 Å². The Morgan fingerprint density at radius 2 is 0.571 bits per heavy atom. The van der Waals surface area contributed by atoms with E-state index in [1.54, 1.807) is 0 Å². The summed E-state index contributed by atoms with van der Waals surface area (Å²) in [6.45, 7) is 7.55. The molecule has 2 nitrogen and oxygen atoms in total. The van der Waals surface area contributed by atoms with Crippen LogP contribution in [0.5, 0.6) is 0 Å². The number of carbonyl (C=O) groups excluding carboxylic acids is 1. The summed E-state index contributed by atoms with van der Waals surface area (Å²) in [5, 5.41) is 0. The summed E-state index contributed by atoms with van der Waals surface area (Å²) in [5.41, 5.74) is 0. The third-order valence-electron chi connectivity index (χ3n) is 11.2. The molecule has 49 heavy (non-hydrogen) atoms. The highest BCUT2D eigenvalue weighted by atomic mass is 16.5. The Hall–Kier alpha value is -0.530. The Morgan fingerprint density at radius 1 is 0.327 bits per heavy atom. The highest BCUT2D eigenvalue weighted by molar-refractivity contribution is 5.69. The maximum atomic E-state index is 12.5. The summed E-state index contributed by atoms with van der Waals surface area (Å²) < 4.78 is 5.77. The van der Waals surface area contributed by atoms with Crippen LogP contribution in [0, 0.1) is 5.92 Å². The van der Waals surface area contributed by atoms with Gasteiger partial charge in [0.15, 0.2) is 0 Å². The molecule has 0 aliphatic rings. The number of rotatable bonds is 43. The molecule has 0 spiro atoms. The van der Waals surface area contributed by atoms with Crippen molar-refractivity contribution in [2.75, 3.05) is 6.61 Å². The molecule has 0 aromatic heterocycles. The quantitative estimate of drug-likeness (QED) is 0.0470. The molecule has 0 aliphatic heterocycles. The maximum absolute atomic E-state index is 12.5. The summed E-state index contributed by atoms with van der Waals surface area (Å²) >= 11 is 0. The summed E-state index contributed by atoms with van der Waals surface area (Å²) in [6.07, 6.45) is 55.9. The van der Waals surface area contributed by atoms with Crippen molar-refractivity contribution in [1.82, 2.24) is 0 Å². The summed E-state index contributed by atoms with van der Waals surface area (Å²) in [7, 11) is 0. The van der Waals surface area contributed by atoms with Gasteiger partial charge in [-0.1, -0.05) is 265 Å². The van der Waals surface area contributed by atoms with Crippen molar-refractivity contribution in [3.8, 4) is 0 Å². The Balaban J connectivity index is 3.95. The Labute approximate surface area is 311 Å². The smallest absolute Gasteiger partial charge is 0.305 e. The molecular weight excluding hydrogens is 597 g/mol. The van der Waals surface area contributed by atoms with Crippen LogP contribution in [0.3, 0.4) is 0 Å². The second kappa shape index (κ2) is 43.6. The number of ether oxygens (including phenoxy) is 1. The number of unbranched alkanes of at least 4 members (excludes halogenated alkanes) is 34. The second-order valence-corrected chi connectivity index (χ2v) is 16.2. The third-order valence-corrected chi connectivity index (χ3v) is 11.2. The molecule has 0 fully saturated rings. The number of hydrogen-bond donors (Lipinski definition) is 0. The first kappa shape index (κ1) is 48.5. The molecule has 0 aromatic rings. The van der Waals surface area contributed by atoms with Crippen molar-refractivity contribution in [3.63, 3.8) is 0 Å². The van der Waals surface area contributed by atoms with Crippen LogP contribution in [-0.4, -0.2) is 12.6 Å². The average Bonchev–Trinajstić information content (AvgIpc) is 3.10. The van der Waals surface area contributed by atoms with Crippen LogP contribution < -0.4 is 0 Å². The molecule has 1 atom stereocenters. The fourth-order valence-electron chi connectivity index (χ4n) is 7.68. The van der Waals surface area contributed by atoms with Gasteiger partial charge in [-0.25, -0.2) is 0 Å². The minimum atomic E-state index is 0.0535. The molecule has 0 saturated carbocycles. The summed E-state index contributed by atoms with van der Waals surface area (Å²) in [4.78, 5) is 12.5. The van der Waals surface area contributed by atoms with Gasteiger partial charge < -0.3 is 4.74 Å². The van der Waals surface area contributed by atoms with Crippen molar-refractivity contribution in [1.29, 1.82) is 0 Å². The van der Waals surface area contributed by atoms with Gasteiger partial charge in [0.1, 0.15) is 0 Å². The van der Waals surface area contributed by atoms with Gasteiger partial charge in [-0.05, 0) is 18.8 Å². The van der Waals surface area contributed by atoms with Crippen LogP contribution in [-0.2, 0) is 9.53 Å². The standard InChI is InChI=1S/C47H94O2/c1-4-7-10-13-16-19-22-24-25-26-28-31-34-37-40-43-47(48)49-45-44-46(41-38-35-32-29-21-18-15-12-9-6-3)42-39-36-33-30-27-23-20-17-14-11-8-5-2/h46H,4-45H2,1-3H3. The Morgan fingerprint density at radius 3 is 0.857 bits per heavy atom. The first-order valence-electron chi connectivity index (χ1n) is 23.4. The molecule has 294 valence electrons. The number of esters is 1.